The van der Waals surface area contributed by atoms with Gasteiger partial charge in [0.1, 0.15) is 0 Å². The van der Waals surface area contributed by atoms with Gasteiger partial charge in [-0.15, -0.1) is 0 Å². The van der Waals surface area contributed by atoms with Crippen LogP contribution in [0.25, 0.3) is 0 Å². The van der Waals surface area contributed by atoms with Gasteiger partial charge in [-0.05, 0) is 24.5 Å². The van der Waals surface area contributed by atoms with Crippen molar-refractivity contribution in [2.24, 2.45) is 5.41 Å². The molecule has 3 heteroatoms. The van der Waals surface area contributed by atoms with Crippen LogP contribution in [0.5, 0.6) is 0 Å². The van der Waals surface area contributed by atoms with Gasteiger partial charge in [0.25, 0.3) is 0 Å². The molecule has 1 saturated heterocycles. The van der Waals surface area contributed by atoms with E-state index in [2.05, 4.69) is 48.1 Å². The first kappa shape index (κ1) is 12.5. The molecule has 2 rings (SSSR count). The maximum atomic E-state index is 4.41. The lowest BCUT2D eigenvalue weighted by Crippen LogP contribution is -2.35. The SMILES string of the molecule is CC1CN(Cc2ccccn2)CC(C)(C)CN1. The minimum atomic E-state index is 0.333. The highest BCUT2D eigenvalue weighted by molar-refractivity contribution is 5.03. The van der Waals surface area contributed by atoms with Crippen molar-refractivity contribution in [3.63, 3.8) is 0 Å². The number of rotatable bonds is 2. The van der Waals surface area contributed by atoms with Crippen molar-refractivity contribution in [2.45, 2.75) is 33.4 Å². The minimum absolute atomic E-state index is 0.333. The molecule has 0 amide bonds. The van der Waals surface area contributed by atoms with Gasteiger partial charge in [0, 0.05) is 38.4 Å². The molecular weight excluding hydrogens is 210 g/mol. The standard InChI is InChI=1S/C14H23N3/c1-12-8-17(11-14(2,3)10-16-12)9-13-6-4-5-7-15-13/h4-7,12,16H,8-11H2,1-3H3. The molecule has 1 atom stereocenters. The van der Waals surface area contributed by atoms with Gasteiger partial charge < -0.3 is 5.32 Å². The van der Waals surface area contributed by atoms with Crippen molar-refractivity contribution >= 4 is 0 Å². The Morgan fingerprint density at radius 1 is 1.47 bits per heavy atom. The van der Waals surface area contributed by atoms with Crippen LogP contribution in [0.3, 0.4) is 0 Å². The van der Waals surface area contributed by atoms with E-state index in [9.17, 15) is 0 Å². The van der Waals surface area contributed by atoms with Gasteiger partial charge in [0.2, 0.25) is 0 Å². The van der Waals surface area contributed by atoms with Gasteiger partial charge in [-0.3, -0.25) is 9.88 Å². The lowest BCUT2D eigenvalue weighted by atomic mass is 9.93. The maximum absolute atomic E-state index is 4.41. The van der Waals surface area contributed by atoms with E-state index in [1.165, 1.54) is 0 Å². The lowest BCUT2D eigenvalue weighted by Gasteiger charge is -2.28. The van der Waals surface area contributed by atoms with Gasteiger partial charge in [0.15, 0.2) is 0 Å². The summed E-state index contributed by atoms with van der Waals surface area (Å²) in [7, 11) is 0. The van der Waals surface area contributed by atoms with Crippen LogP contribution in [0.2, 0.25) is 0 Å². The number of pyridine rings is 1. The molecule has 1 aromatic rings. The van der Waals surface area contributed by atoms with E-state index in [0.717, 1.165) is 31.9 Å². The van der Waals surface area contributed by atoms with Crippen LogP contribution < -0.4 is 5.32 Å². The maximum Gasteiger partial charge on any atom is 0.0543 e. The van der Waals surface area contributed by atoms with Crippen LogP contribution in [-0.2, 0) is 6.54 Å². The third-order valence-corrected chi connectivity index (χ3v) is 3.22. The summed E-state index contributed by atoms with van der Waals surface area (Å²) < 4.78 is 0. The van der Waals surface area contributed by atoms with E-state index < -0.39 is 0 Å². The Bertz CT molecular complexity index is 348. The summed E-state index contributed by atoms with van der Waals surface area (Å²) in [4.78, 5) is 6.92. The Kier molecular flexibility index (Phi) is 3.79. The Balaban J connectivity index is 2.03. The summed E-state index contributed by atoms with van der Waals surface area (Å²) in [5, 5.41) is 3.59. The Labute approximate surface area is 104 Å². The Hall–Kier alpha value is -0.930. The summed E-state index contributed by atoms with van der Waals surface area (Å²) in [6.07, 6.45) is 1.87. The van der Waals surface area contributed by atoms with E-state index in [1.54, 1.807) is 0 Å². The average Bonchev–Trinajstić information content (AvgIpc) is 2.39. The molecule has 1 fully saturated rings. The van der Waals surface area contributed by atoms with Crippen LogP contribution in [0.4, 0.5) is 0 Å². The summed E-state index contributed by atoms with van der Waals surface area (Å²) in [5.74, 6) is 0. The fourth-order valence-electron chi connectivity index (χ4n) is 2.47. The molecule has 1 aliphatic rings. The fraction of sp³-hybridized carbons (Fsp3) is 0.643. The molecule has 94 valence electrons. The zero-order valence-corrected chi connectivity index (χ0v) is 11.1. The topological polar surface area (TPSA) is 28.2 Å². The monoisotopic (exact) mass is 233 g/mol. The van der Waals surface area contributed by atoms with Crippen LogP contribution >= 0.6 is 0 Å². The van der Waals surface area contributed by atoms with E-state index in [-0.39, 0.29) is 0 Å². The smallest absolute Gasteiger partial charge is 0.0543 e. The summed E-state index contributed by atoms with van der Waals surface area (Å²) >= 11 is 0. The highest BCUT2D eigenvalue weighted by atomic mass is 15.2. The molecule has 1 unspecified atom stereocenters. The summed E-state index contributed by atoms with van der Waals surface area (Å²) in [6, 6.07) is 6.70. The van der Waals surface area contributed by atoms with Crippen LogP contribution in [0.1, 0.15) is 26.5 Å². The minimum Gasteiger partial charge on any atom is -0.312 e. The number of hydrogen-bond donors (Lipinski definition) is 1. The second kappa shape index (κ2) is 5.15. The van der Waals surface area contributed by atoms with Gasteiger partial charge in [-0.2, -0.15) is 0 Å². The highest BCUT2D eigenvalue weighted by Gasteiger charge is 2.27. The highest BCUT2D eigenvalue weighted by Crippen LogP contribution is 2.20. The first-order valence-electron chi connectivity index (χ1n) is 6.41. The Morgan fingerprint density at radius 3 is 3.00 bits per heavy atom. The lowest BCUT2D eigenvalue weighted by molar-refractivity contribution is 0.194. The number of nitrogens with zero attached hydrogens (tertiary/aromatic N) is 2. The molecule has 0 radical (unpaired) electrons. The quantitative estimate of drug-likeness (QED) is 0.845. The van der Waals surface area contributed by atoms with Crippen molar-refractivity contribution in [1.82, 2.24) is 15.2 Å². The summed E-state index contributed by atoms with van der Waals surface area (Å²) in [6.45, 7) is 11.2. The zero-order valence-electron chi connectivity index (χ0n) is 11.1. The molecule has 17 heavy (non-hydrogen) atoms. The first-order valence-corrected chi connectivity index (χ1v) is 6.41. The van der Waals surface area contributed by atoms with Crippen LogP contribution in [0, 0.1) is 5.41 Å². The predicted molar refractivity (Wildman–Crippen MR) is 70.8 cm³/mol. The third kappa shape index (κ3) is 3.79. The zero-order chi connectivity index (χ0) is 12.3. The predicted octanol–water partition coefficient (Wildman–Crippen LogP) is 1.90. The number of nitrogens with one attached hydrogen (secondary N) is 1. The van der Waals surface area contributed by atoms with Crippen LogP contribution in [-0.4, -0.2) is 35.6 Å². The molecular formula is C14H23N3. The molecule has 0 saturated carbocycles. The molecule has 0 spiro atoms. The third-order valence-electron chi connectivity index (χ3n) is 3.22. The second-order valence-corrected chi connectivity index (χ2v) is 5.94. The van der Waals surface area contributed by atoms with Crippen molar-refractivity contribution in [1.29, 1.82) is 0 Å². The number of hydrogen-bond acceptors (Lipinski definition) is 3. The van der Waals surface area contributed by atoms with Crippen molar-refractivity contribution in [3.8, 4) is 0 Å². The van der Waals surface area contributed by atoms with Gasteiger partial charge >= 0.3 is 0 Å². The molecule has 3 nitrogen and oxygen atoms in total. The fourth-order valence-corrected chi connectivity index (χ4v) is 2.47. The van der Waals surface area contributed by atoms with Crippen molar-refractivity contribution in [3.05, 3.63) is 30.1 Å². The molecule has 2 heterocycles. The molecule has 0 aliphatic carbocycles. The molecule has 1 aliphatic heterocycles. The summed E-state index contributed by atoms with van der Waals surface area (Å²) in [5.41, 5.74) is 1.50. The normalized spacial score (nSPS) is 25.5. The van der Waals surface area contributed by atoms with Crippen molar-refractivity contribution in [2.75, 3.05) is 19.6 Å². The molecule has 1 N–H and O–H groups in total. The van der Waals surface area contributed by atoms with Gasteiger partial charge in [-0.1, -0.05) is 19.9 Å². The van der Waals surface area contributed by atoms with Crippen molar-refractivity contribution < 1.29 is 0 Å². The number of aromatic nitrogens is 1. The van der Waals surface area contributed by atoms with E-state index in [4.69, 9.17) is 0 Å². The van der Waals surface area contributed by atoms with Crippen LogP contribution in [0.15, 0.2) is 24.4 Å². The first-order chi connectivity index (χ1) is 8.05. The largest absolute Gasteiger partial charge is 0.312 e. The second-order valence-electron chi connectivity index (χ2n) is 5.94. The van der Waals surface area contributed by atoms with Gasteiger partial charge in [-0.25, -0.2) is 0 Å². The van der Waals surface area contributed by atoms with Gasteiger partial charge in [0.05, 0.1) is 5.69 Å². The molecule has 0 aromatic carbocycles. The van der Waals surface area contributed by atoms with E-state index >= 15 is 0 Å². The molecule has 0 bridgehead atoms. The van der Waals surface area contributed by atoms with E-state index in [0.29, 0.717) is 11.5 Å². The average molecular weight is 233 g/mol. The Morgan fingerprint density at radius 2 is 2.29 bits per heavy atom. The molecule has 1 aromatic heterocycles. The van der Waals surface area contributed by atoms with E-state index in [1.807, 2.05) is 12.3 Å².